The van der Waals surface area contributed by atoms with E-state index in [9.17, 15) is 30.4 Å². The number of nitriles is 1. The summed E-state index contributed by atoms with van der Waals surface area (Å²) >= 11 is 0. The normalized spacial score (nSPS) is 25.8. The Labute approximate surface area is 240 Å². The van der Waals surface area contributed by atoms with Crippen LogP contribution in [0.4, 0.5) is 0 Å². The standard InChI is InChI=1S/C25H29N8O8P/c1-15(2)39-23(36)17(4)30-42(37,40-18-8-6-5-7-9-18)38-13-25(31-32-27)22(35)21(34)24(12-26,41-25)20-11-10-19-16(3)28-14-29-33(19)20/h5-11,14-15,17,21-22,34-35H,13H2,1-4H3,(H,30,37)/t17-,21-,22+,24+,25-,42?/m1/s1. The molecule has 1 aliphatic heterocycles. The zero-order valence-electron chi connectivity index (χ0n) is 23.1. The molecular weight excluding hydrogens is 571 g/mol. The smallest absolute Gasteiger partial charge is 0.459 e. The summed E-state index contributed by atoms with van der Waals surface area (Å²) in [6.07, 6.45) is -3.29. The number of nitrogens with zero attached hydrogens (tertiary/aromatic N) is 7. The number of para-hydroxylation sites is 1. The summed E-state index contributed by atoms with van der Waals surface area (Å²) in [7, 11) is -4.53. The van der Waals surface area contributed by atoms with Gasteiger partial charge in [0.1, 0.15) is 36.4 Å². The number of carbonyl (C=O) groups excluding carboxylic acids is 1. The molecule has 3 N–H and O–H groups in total. The Bertz CT molecular complexity index is 1590. The fourth-order valence-corrected chi connectivity index (χ4v) is 5.88. The van der Waals surface area contributed by atoms with Crippen LogP contribution in [0.5, 0.6) is 5.75 Å². The van der Waals surface area contributed by atoms with Gasteiger partial charge in [0, 0.05) is 4.91 Å². The van der Waals surface area contributed by atoms with Crippen molar-refractivity contribution >= 4 is 19.2 Å². The van der Waals surface area contributed by atoms with Gasteiger partial charge in [-0.05, 0) is 57.5 Å². The number of benzene rings is 1. The average Bonchev–Trinajstić information content (AvgIpc) is 3.48. The third kappa shape index (κ3) is 5.80. The van der Waals surface area contributed by atoms with Crippen molar-refractivity contribution in [1.29, 1.82) is 5.26 Å². The number of hydrogen-bond acceptors (Lipinski definition) is 12. The van der Waals surface area contributed by atoms with Gasteiger partial charge in [0.25, 0.3) is 0 Å². The molecule has 0 saturated carbocycles. The van der Waals surface area contributed by atoms with Gasteiger partial charge in [0.2, 0.25) is 11.3 Å². The highest BCUT2D eigenvalue weighted by molar-refractivity contribution is 7.52. The third-order valence-corrected chi connectivity index (χ3v) is 8.01. The van der Waals surface area contributed by atoms with E-state index in [-0.39, 0.29) is 11.4 Å². The predicted molar refractivity (Wildman–Crippen MR) is 144 cm³/mol. The zero-order chi connectivity index (χ0) is 30.7. The maximum Gasteiger partial charge on any atom is 0.459 e. The second kappa shape index (κ2) is 12.0. The molecule has 16 nitrogen and oxygen atoms in total. The number of nitrogens with one attached hydrogen (secondary N) is 1. The number of carbonyl (C=O) groups is 1. The summed E-state index contributed by atoms with van der Waals surface area (Å²) in [5, 5.41) is 42.7. The third-order valence-electron chi connectivity index (χ3n) is 6.39. The molecule has 1 unspecified atom stereocenters. The van der Waals surface area contributed by atoms with Crippen LogP contribution < -0.4 is 9.61 Å². The molecule has 2 aromatic heterocycles. The van der Waals surface area contributed by atoms with Crippen molar-refractivity contribution in [2.75, 3.05) is 6.61 Å². The number of fused-ring (bicyclic) bond motifs is 1. The summed E-state index contributed by atoms with van der Waals surface area (Å²) in [6, 6.07) is 11.5. The van der Waals surface area contributed by atoms with Gasteiger partial charge in [-0.1, -0.05) is 23.3 Å². The van der Waals surface area contributed by atoms with Crippen molar-refractivity contribution in [2.45, 2.75) is 63.4 Å². The summed E-state index contributed by atoms with van der Waals surface area (Å²) < 4.78 is 37.5. The van der Waals surface area contributed by atoms with Crippen molar-refractivity contribution < 1.29 is 38.1 Å². The number of esters is 1. The van der Waals surface area contributed by atoms with Crippen LogP contribution in [0.1, 0.15) is 32.2 Å². The van der Waals surface area contributed by atoms with E-state index in [0.29, 0.717) is 11.2 Å². The maximum absolute atomic E-state index is 14.0. The highest BCUT2D eigenvalue weighted by atomic mass is 31.2. The lowest BCUT2D eigenvalue weighted by Crippen LogP contribution is -2.46. The van der Waals surface area contributed by atoms with Crippen LogP contribution in [-0.2, 0) is 29.0 Å². The quantitative estimate of drug-likeness (QED) is 0.0949. The van der Waals surface area contributed by atoms with Gasteiger partial charge in [-0.2, -0.15) is 15.4 Å². The van der Waals surface area contributed by atoms with E-state index in [0.717, 1.165) is 0 Å². The molecular formula is C25H29N8O8P. The lowest BCUT2D eigenvalue weighted by Gasteiger charge is -2.30. The molecule has 17 heteroatoms. The first-order valence-corrected chi connectivity index (χ1v) is 14.3. The minimum Gasteiger partial charge on any atom is -0.462 e. The molecule has 42 heavy (non-hydrogen) atoms. The molecule has 0 bridgehead atoms. The summed E-state index contributed by atoms with van der Waals surface area (Å²) in [5.41, 5.74) is 5.61. The van der Waals surface area contributed by atoms with Crippen LogP contribution in [0, 0.1) is 18.3 Å². The second-order valence-electron chi connectivity index (χ2n) is 9.75. The van der Waals surface area contributed by atoms with Gasteiger partial charge in [-0.25, -0.2) is 14.1 Å². The van der Waals surface area contributed by atoms with E-state index in [1.54, 1.807) is 45.0 Å². The number of aromatic nitrogens is 3. The van der Waals surface area contributed by atoms with E-state index in [1.807, 2.05) is 6.07 Å². The fourth-order valence-electron chi connectivity index (χ4n) is 4.37. The molecule has 6 atom stereocenters. The Morgan fingerprint density at radius 1 is 1.29 bits per heavy atom. The van der Waals surface area contributed by atoms with E-state index in [2.05, 4.69) is 25.2 Å². The number of aryl methyl sites for hydroxylation is 1. The average molecular weight is 601 g/mol. The molecule has 1 aromatic carbocycles. The van der Waals surface area contributed by atoms with Crippen LogP contribution in [-0.4, -0.2) is 67.5 Å². The van der Waals surface area contributed by atoms with Crippen LogP contribution in [0.2, 0.25) is 0 Å². The monoisotopic (exact) mass is 600 g/mol. The molecule has 3 aromatic rings. The van der Waals surface area contributed by atoms with Gasteiger partial charge in [-0.15, -0.1) is 0 Å². The van der Waals surface area contributed by atoms with E-state index in [4.69, 9.17) is 18.5 Å². The molecule has 1 saturated heterocycles. The maximum atomic E-state index is 14.0. The van der Waals surface area contributed by atoms with Crippen molar-refractivity contribution in [3.8, 4) is 11.8 Å². The SMILES string of the molecule is Cc1ncnn2c([C@]3(C#N)O[C@@](COP(=O)(N[C@H](C)C(=O)OC(C)C)Oc4ccccc4)(N=[N+]=[N-])[C@@H](O)[C@H]3O)ccc12. The van der Waals surface area contributed by atoms with Crippen LogP contribution in [0.3, 0.4) is 0 Å². The van der Waals surface area contributed by atoms with Crippen molar-refractivity contribution in [3.63, 3.8) is 0 Å². The molecule has 1 aliphatic rings. The number of rotatable bonds is 11. The predicted octanol–water partition coefficient (Wildman–Crippen LogP) is 2.65. The largest absolute Gasteiger partial charge is 0.462 e. The molecule has 222 valence electrons. The minimum absolute atomic E-state index is 0.000962. The van der Waals surface area contributed by atoms with Crippen molar-refractivity contribution in [3.05, 3.63) is 70.6 Å². The molecule has 0 aliphatic carbocycles. The Balaban J connectivity index is 1.70. The van der Waals surface area contributed by atoms with Gasteiger partial charge >= 0.3 is 13.7 Å². The van der Waals surface area contributed by atoms with Crippen LogP contribution in [0.15, 0.2) is 53.9 Å². The van der Waals surface area contributed by atoms with Crippen molar-refractivity contribution in [2.24, 2.45) is 5.11 Å². The van der Waals surface area contributed by atoms with Crippen LogP contribution in [0.25, 0.3) is 16.0 Å². The van der Waals surface area contributed by atoms with Gasteiger partial charge in [0.05, 0.1) is 29.6 Å². The first-order valence-electron chi connectivity index (χ1n) is 12.7. The van der Waals surface area contributed by atoms with Crippen LogP contribution >= 0.6 is 7.75 Å². The lowest BCUT2D eigenvalue weighted by atomic mass is 9.91. The summed E-state index contributed by atoms with van der Waals surface area (Å²) in [4.78, 5) is 19.3. The van der Waals surface area contributed by atoms with Crippen molar-refractivity contribution in [1.82, 2.24) is 19.7 Å². The second-order valence-corrected chi connectivity index (χ2v) is 11.4. The number of hydrogen-bond donors (Lipinski definition) is 3. The topological polar surface area (TPSA) is 226 Å². The fraction of sp³-hybridized carbons (Fsp3) is 0.440. The van der Waals surface area contributed by atoms with Gasteiger partial charge in [-0.3, -0.25) is 9.32 Å². The van der Waals surface area contributed by atoms with Gasteiger partial charge in [0.15, 0.2) is 0 Å². The number of azide groups is 1. The first kappa shape index (κ1) is 30.9. The Morgan fingerprint density at radius 2 is 2.00 bits per heavy atom. The van der Waals surface area contributed by atoms with E-state index < -0.39 is 56.0 Å². The van der Waals surface area contributed by atoms with Gasteiger partial charge < -0.3 is 24.2 Å². The molecule has 0 radical (unpaired) electrons. The molecule has 0 spiro atoms. The highest BCUT2D eigenvalue weighted by Gasteiger charge is 2.65. The molecule has 3 heterocycles. The molecule has 4 rings (SSSR count). The van der Waals surface area contributed by atoms with E-state index in [1.165, 1.54) is 36.0 Å². The highest BCUT2D eigenvalue weighted by Crippen LogP contribution is 2.50. The Hall–Kier alpha value is -4.06. The van der Waals surface area contributed by atoms with E-state index >= 15 is 0 Å². The first-order chi connectivity index (χ1) is 19.9. The molecule has 0 amide bonds. The number of aliphatic hydroxyl groups excluding tert-OH is 2. The molecule has 1 fully saturated rings. The minimum atomic E-state index is -4.53. The zero-order valence-corrected chi connectivity index (χ0v) is 24.0. The lowest BCUT2D eigenvalue weighted by molar-refractivity contribution is -0.149. The summed E-state index contributed by atoms with van der Waals surface area (Å²) in [5.74, 6) is -0.673. The number of aliphatic hydroxyl groups is 2. The Kier molecular flexibility index (Phi) is 8.86. The number of ether oxygens (including phenoxy) is 2. The summed E-state index contributed by atoms with van der Waals surface area (Å²) in [6.45, 7) is 5.36. The Morgan fingerprint density at radius 3 is 2.64 bits per heavy atom.